The molecule has 0 saturated carbocycles. The van der Waals surface area contributed by atoms with E-state index in [0.29, 0.717) is 13.2 Å². The van der Waals surface area contributed by atoms with Crippen LogP contribution in [-0.4, -0.2) is 19.8 Å². The number of benzene rings is 3. The summed E-state index contributed by atoms with van der Waals surface area (Å²) in [5, 5.41) is 3.53. The zero-order valence-electron chi connectivity index (χ0n) is 19.4. The van der Waals surface area contributed by atoms with Crippen molar-refractivity contribution < 1.29 is 9.47 Å². The van der Waals surface area contributed by atoms with Crippen LogP contribution in [0, 0.1) is 0 Å². The Bertz CT molecular complexity index is 880. The number of rotatable bonds is 15. The van der Waals surface area contributed by atoms with Crippen molar-refractivity contribution in [2.75, 3.05) is 19.8 Å². The molecule has 3 aromatic rings. The van der Waals surface area contributed by atoms with Gasteiger partial charge in [-0.15, -0.1) is 0 Å². The number of aryl methyl sites for hydroxylation is 2. The van der Waals surface area contributed by atoms with Gasteiger partial charge in [-0.25, -0.2) is 0 Å². The molecule has 0 fully saturated rings. The standard InChI is InChI=1S/C29H37NO2/c1-2-3-20-30-24-27-18-19-28(31-21-10-16-25-12-6-4-7-13-25)23-29(27)32-22-11-17-26-14-8-5-9-15-26/h4-9,12-15,18-19,23,30H,2-3,10-11,16-17,20-22,24H2,1H3. The summed E-state index contributed by atoms with van der Waals surface area (Å²) in [6.07, 6.45) is 6.44. The van der Waals surface area contributed by atoms with E-state index in [1.807, 2.05) is 0 Å². The van der Waals surface area contributed by atoms with Crippen LogP contribution in [0.15, 0.2) is 78.9 Å². The third kappa shape index (κ3) is 8.76. The molecule has 0 aliphatic heterocycles. The molecule has 0 aliphatic carbocycles. The Hall–Kier alpha value is -2.78. The number of nitrogens with one attached hydrogen (secondary N) is 1. The fourth-order valence-corrected chi connectivity index (χ4v) is 3.64. The lowest BCUT2D eigenvalue weighted by Crippen LogP contribution is -2.15. The van der Waals surface area contributed by atoms with Crippen LogP contribution >= 0.6 is 0 Å². The first kappa shape index (κ1) is 23.9. The minimum Gasteiger partial charge on any atom is -0.493 e. The van der Waals surface area contributed by atoms with E-state index in [1.54, 1.807) is 0 Å². The summed E-state index contributed by atoms with van der Waals surface area (Å²) in [5.41, 5.74) is 3.90. The van der Waals surface area contributed by atoms with Crippen molar-refractivity contribution in [3.8, 4) is 11.5 Å². The Balaban J connectivity index is 1.51. The van der Waals surface area contributed by atoms with Gasteiger partial charge in [-0.05, 0) is 55.8 Å². The molecule has 0 spiro atoms. The molecule has 0 saturated heterocycles. The lowest BCUT2D eigenvalue weighted by atomic mass is 10.1. The molecule has 0 aliphatic rings. The van der Waals surface area contributed by atoms with Crippen molar-refractivity contribution in [3.05, 3.63) is 95.6 Å². The minimum absolute atomic E-state index is 0.703. The predicted octanol–water partition coefficient (Wildman–Crippen LogP) is 6.60. The van der Waals surface area contributed by atoms with E-state index in [4.69, 9.17) is 9.47 Å². The molecule has 0 heterocycles. The molecule has 0 amide bonds. The fraction of sp³-hybridized carbons (Fsp3) is 0.379. The SMILES string of the molecule is CCCCNCc1ccc(OCCCc2ccccc2)cc1OCCCc1ccccc1. The van der Waals surface area contributed by atoms with Crippen LogP contribution in [0.2, 0.25) is 0 Å². The van der Waals surface area contributed by atoms with Crippen LogP contribution in [0.25, 0.3) is 0 Å². The molecule has 3 nitrogen and oxygen atoms in total. The zero-order chi connectivity index (χ0) is 22.3. The fourth-order valence-electron chi connectivity index (χ4n) is 3.64. The minimum atomic E-state index is 0.703. The summed E-state index contributed by atoms with van der Waals surface area (Å²) < 4.78 is 12.3. The maximum atomic E-state index is 6.21. The summed E-state index contributed by atoms with van der Waals surface area (Å²) in [4.78, 5) is 0. The Kier molecular flexibility index (Phi) is 10.7. The highest BCUT2D eigenvalue weighted by Gasteiger charge is 2.07. The molecule has 3 heteroatoms. The monoisotopic (exact) mass is 431 g/mol. The van der Waals surface area contributed by atoms with Crippen LogP contribution in [0.4, 0.5) is 0 Å². The largest absolute Gasteiger partial charge is 0.493 e. The summed E-state index contributed by atoms with van der Waals surface area (Å²) in [5.74, 6) is 1.82. The second-order valence-corrected chi connectivity index (χ2v) is 8.18. The highest BCUT2D eigenvalue weighted by atomic mass is 16.5. The maximum absolute atomic E-state index is 6.21. The van der Waals surface area contributed by atoms with Gasteiger partial charge >= 0.3 is 0 Å². The molecule has 0 bridgehead atoms. The lowest BCUT2D eigenvalue weighted by Gasteiger charge is -2.15. The average molecular weight is 432 g/mol. The molecule has 0 aromatic heterocycles. The molecule has 0 radical (unpaired) electrons. The summed E-state index contributed by atoms with van der Waals surface area (Å²) in [6.45, 7) is 5.47. The first-order chi connectivity index (χ1) is 15.8. The topological polar surface area (TPSA) is 30.5 Å². The van der Waals surface area contributed by atoms with Crippen molar-refractivity contribution in [3.63, 3.8) is 0 Å². The van der Waals surface area contributed by atoms with Crippen molar-refractivity contribution in [1.82, 2.24) is 5.32 Å². The van der Waals surface area contributed by atoms with Gasteiger partial charge < -0.3 is 14.8 Å². The molecule has 3 aromatic carbocycles. The quantitative estimate of drug-likeness (QED) is 0.275. The zero-order valence-corrected chi connectivity index (χ0v) is 19.4. The van der Waals surface area contributed by atoms with Gasteiger partial charge in [-0.2, -0.15) is 0 Å². The van der Waals surface area contributed by atoms with Crippen LogP contribution in [-0.2, 0) is 19.4 Å². The molecule has 170 valence electrons. The van der Waals surface area contributed by atoms with Gasteiger partial charge in [0, 0.05) is 18.2 Å². The van der Waals surface area contributed by atoms with Gasteiger partial charge in [0.1, 0.15) is 11.5 Å². The number of hydrogen-bond acceptors (Lipinski definition) is 3. The summed E-state index contributed by atoms with van der Waals surface area (Å²) in [6, 6.07) is 27.4. The molecule has 32 heavy (non-hydrogen) atoms. The summed E-state index contributed by atoms with van der Waals surface area (Å²) in [7, 11) is 0. The first-order valence-corrected chi connectivity index (χ1v) is 12.0. The van der Waals surface area contributed by atoms with Crippen molar-refractivity contribution in [2.45, 2.75) is 52.0 Å². The van der Waals surface area contributed by atoms with Gasteiger partial charge in [-0.1, -0.05) is 80.1 Å². The van der Waals surface area contributed by atoms with Gasteiger partial charge in [0.05, 0.1) is 13.2 Å². The second-order valence-electron chi connectivity index (χ2n) is 8.18. The van der Waals surface area contributed by atoms with Crippen LogP contribution < -0.4 is 14.8 Å². The van der Waals surface area contributed by atoms with Crippen molar-refractivity contribution >= 4 is 0 Å². The predicted molar refractivity (Wildman–Crippen MR) is 134 cm³/mol. The van der Waals surface area contributed by atoms with Crippen molar-refractivity contribution in [1.29, 1.82) is 0 Å². The Morgan fingerprint density at radius 1 is 0.688 bits per heavy atom. The van der Waals surface area contributed by atoms with Gasteiger partial charge in [0.2, 0.25) is 0 Å². The van der Waals surface area contributed by atoms with Gasteiger partial charge in [0.15, 0.2) is 0 Å². The Labute approximate surface area is 193 Å². The van der Waals surface area contributed by atoms with Crippen molar-refractivity contribution in [2.24, 2.45) is 0 Å². The molecule has 1 N–H and O–H groups in total. The molecule has 3 rings (SSSR count). The van der Waals surface area contributed by atoms with Crippen LogP contribution in [0.3, 0.4) is 0 Å². The van der Waals surface area contributed by atoms with Gasteiger partial charge in [0.25, 0.3) is 0 Å². The van der Waals surface area contributed by atoms with E-state index in [0.717, 1.165) is 50.3 Å². The highest BCUT2D eigenvalue weighted by Crippen LogP contribution is 2.26. The number of unbranched alkanes of at least 4 members (excludes halogenated alkanes) is 1. The Morgan fingerprint density at radius 3 is 1.94 bits per heavy atom. The normalized spacial score (nSPS) is 10.8. The van der Waals surface area contributed by atoms with E-state index < -0.39 is 0 Å². The third-order valence-electron chi connectivity index (χ3n) is 5.49. The lowest BCUT2D eigenvalue weighted by molar-refractivity contribution is 0.293. The van der Waals surface area contributed by atoms with Gasteiger partial charge in [-0.3, -0.25) is 0 Å². The smallest absolute Gasteiger partial charge is 0.127 e. The van der Waals surface area contributed by atoms with Crippen LogP contribution in [0.5, 0.6) is 11.5 Å². The molecular weight excluding hydrogens is 394 g/mol. The van der Waals surface area contributed by atoms with E-state index >= 15 is 0 Å². The molecule has 0 unspecified atom stereocenters. The highest BCUT2D eigenvalue weighted by molar-refractivity contribution is 5.40. The summed E-state index contributed by atoms with van der Waals surface area (Å²) >= 11 is 0. The van der Waals surface area contributed by atoms with E-state index in [9.17, 15) is 0 Å². The average Bonchev–Trinajstić information content (AvgIpc) is 2.84. The number of hydrogen-bond donors (Lipinski definition) is 1. The van der Waals surface area contributed by atoms with E-state index in [-0.39, 0.29) is 0 Å². The molecular formula is C29H37NO2. The maximum Gasteiger partial charge on any atom is 0.127 e. The first-order valence-electron chi connectivity index (χ1n) is 12.0. The molecule has 0 atom stereocenters. The second kappa shape index (κ2) is 14.3. The third-order valence-corrected chi connectivity index (χ3v) is 5.49. The van der Waals surface area contributed by atoms with E-state index in [2.05, 4.69) is 91.1 Å². The van der Waals surface area contributed by atoms with E-state index in [1.165, 1.54) is 29.5 Å². The van der Waals surface area contributed by atoms with Crippen LogP contribution in [0.1, 0.15) is 49.3 Å². The Morgan fingerprint density at radius 2 is 1.31 bits per heavy atom. The number of ether oxygens (including phenoxy) is 2.